The number of amides is 1. The first-order valence-corrected chi connectivity index (χ1v) is 6.80. The highest BCUT2D eigenvalue weighted by atomic mass is 16.1. The highest BCUT2D eigenvalue weighted by Crippen LogP contribution is 2.10. The Hall–Kier alpha value is -2.41. The topological polar surface area (TPSA) is 103 Å². The predicted molar refractivity (Wildman–Crippen MR) is 79.9 cm³/mol. The Kier molecular flexibility index (Phi) is 4.89. The summed E-state index contributed by atoms with van der Waals surface area (Å²) in [5.41, 5.74) is 12.8. The van der Waals surface area contributed by atoms with Crippen LogP contribution in [0.25, 0.3) is 0 Å². The van der Waals surface area contributed by atoms with Crippen LogP contribution in [0.5, 0.6) is 0 Å². The summed E-state index contributed by atoms with van der Waals surface area (Å²) in [6.07, 6.45) is 1.52. The highest BCUT2D eigenvalue weighted by molar-refractivity contribution is 5.75. The van der Waals surface area contributed by atoms with Crippen molar-refractivity contribution in [2.45, 2.75) is 26.6 Å². The van der Waals surface area contributed by atoms with Gasteiger partial charge in [-0.05, 0) is 24.6 Å². The van der Waals surface area contributed by atoms with Gasteiger partial charge in [0.2, 0.25) is 5.91 Å². The number of rotatable bonds is 7. The van der Waals surface area contributed by atoms with Crippen molar-refractivity contribution in [1.82, 2.24) is 19.7 Å². The molecule has 0 spiro atoms. The van der Waals surface area contributed by atoms with Crippen LogP contribution in [0.4, 0.5) is 5.69 Å². The zero-order valence-electron chi connectivity index (χ0n) is 12.1. The van der Waals surface area contributed by atoms with Crippen molar-refractivity contribution in [3.05, 3.63) is 42.0 Å². The molecule has 0 fully saturated rings. The lowest BCUT2D eigenvalue weighted by Gasteiger charge is -2.20. The zero-order valence-corrected chi connectivity index (χ0v) is 12.1. The van der Waals surface area contributed by atoms with Crippen molar-refractivity contribution in [2.24, 2.45) is 5.73 Å². The lowest BCUT2D eigenvalue weighted by Crippen LogP contribution is -2.33. The number of carbonyl (C=O) groups excluding carboxylic acids is 1. The minimum absolute atomic E-state index is 0.168. The maximum absolute atomic E-state index is 11.3. The molecule has 0 saturated heterocycles. The molecule has 112 valence electrons. The summed E-state index contributed by atoms with van der Waals surface area (Å²) >= 11 is 0. The van der Waals surface area contributed by atoms with Crippen LogP contribution in [0.3, 0.4) is 0 Å². The molecule has 1 heterocycles. The molecule has 1 amide bonds. The summed E-state index contributed by atoms with van der Waals surface area (Å²) in [6, 6.07) is 7.56. The summed E-state index contributed by atoms with van der Waals surface area (Å²) in [4.78, 5) is 17.4. The molecule has 0 aliphatic rings. The van der Waals surface area contributed by atoms with Gasteiger partial charge in [0.25, 0.3) is 0 Å². The molecular weight excluding hydrogens is 268 g/mol. The normalized spacial score (nSPS) is 11.0. The molecule has 2 aromatic rings. The number of hydrogen-bond acceptors (Lipinski definition) is 5. The predicted octanol–water partition coefficient (Wildman–Crippen LogP) is 0.368. The number of nitrogens with zero attached hydrogens (tertiary/aromatic N) is 4. The molecule has 2 rings (SSSR count). The van der Waals surface area contributed by atoms with Crippen LogP contribution >= 0.6 is 0 Å². The first-order chi connectivity index (χ1) is 10.1. The van der Waals surface area contributed by atoms with Gasteiger partial charge >= 0.3 is 0 Å². The van der Waals surface area contributed by atoms with E-state index in [0.29, 0.717) is 18.8 Å². The summed E-state index contributed by atoms with van der Waals surface area (Å²) in [5, 5.41) is 4.13. The van der Waals surface area contributed by atoms with Crippen molar-refractivity contribution in [3.63, 3.8) is 0 Å². The van der Waals surface area contributed by atoms with Gasteiger partial charge in [-0.3, -0.25) is 9.69 Å². The van der Waals surface area contributed by atoms with Gasteiger partial charge in [-0.15, -0.1) is 0 Å². The molecule has 1 aromatic carbocycles. The molecule has 0 bridgehead atoms. The molecule has 1 aromatic heterocycles. The molecule has 0 saturated carbocycles. The fourth-order valence-corrected chi connectivity index (χ4v) is 2.14. The third kappa shape index (κ3) is 4.28. The lowest BCUT2D eigenvalue weighted by atomic mass is 10.2. The summed E-state index contributed by atoms with van der Waals surface area (Å²) in [5.74, 6) is 0.446. The Morgan fingerprint density at radius 1 is 1.29 bits per heavy atom. The number of nitrogens with two attached hydrogens (primary N) is 2. The number of anilines is 1. The molecule has 4 N–H and O–H groups in total. The second-order valence-electron chi connectivity index (χ2n) is 4.85. The Balaban J connectivity index is 2.10. The second-order valence-corrected chi connectivity index (χ2v) is 4.85. The van der Waals surface area contributed by atoms with Gasteiger partial charge in [-0.2, -0.15) is 5.10 Å². The first kappa shape index (κ1) is 15.0. The van der Waals surface area contributed by atoms with Crippen molar-refractivity contribution in [2.75, 3.05) is 12.3 Å². The minimum Gasteiger partial charge on any atom is -0.399 e. The number of aromatic nitrogens is 3. The maximum Gasteiger partial charge on any atom is 0.231 e. The van der Waals surface area contributed by atoms with E-state index in [4.69, 9.17) is 11.5 Å². The summed E-state index contributed by atoms with van der Waals surface area (Å²) in [6.45, 7) is 4.01. The number of hydrogen-bond donors (Lipinski definition) is 2. The van der Waals surface area contributed by atoms with E-state index in [1.165, 1.54) is 6.33 Å². The van der Waals surface area contributed by atoms with Crippen LogP contribution < -0.4 is 11.5 Å². The van der Waals surface area contributed by atoms with Crippen LogP contribution in [-0.4, -0.2) is 32.1 Å². The van der Waals surface area contributed by atoms with E-state index in [1.54, 1.807) is 4.68 Å². The van der Waals surface area contributed by atoms with Crippen LogP contribution in [0.15, 0.2) is 30.6 Å². The van der Waals surface area contributed by atoms with Gasteiger partial charge in [-0.1, -0.05) is 12.1 Å². The van der Waals surface area contributed by atoms with Crippen LogP contribution in [0.1, 0.15) is 18.3 Å². The number of carbonyl (C=O) groups is 1. The van der Waals surface area contributed by atoms with E-state index in [9.17, 15) is 4.79 Å². The van der Waals surface area contributed by atoms with Gasteiger partial charge in [0, 0.05) is 18.8 Å². The maximum atomic E-state index is 11.3. The van der Waals surface area contributed by atoms with E-state index in [-0.39, 0.29) is 12.5 Å². The summed E-state index contributed by atoms with van der Waals surface area (Å²) in [7, 11) is 0. The van der Waals surface area contributed by atoms with E-state index < -0.39 is 0 Å². The van der Waals surface area contributed by atoms with E-state index in [2.05, 4.69) is 10.1 Å². The Morgan fingerprint density at radius 3 is 2.62 bits per heavy atom. The number of benzene rings is 1. The van der Waals surface area contributed by atoms with Gasteiger partial charge in [0.15, 0.2) is 0 Å². The largest absolute Gasteiger partial charge is 0.399 e. The standard InChI is InChI=1S/C14H20N6O/c1-2-20-14(17-10-18-20)9-19(8-13(16)21)7-11-3-5-12(15)6-4-11/h3-6,10H,2,7-9,15H2,1H3,(H2,16,21). The van der Waals surface area contributed by atoms with Crippen LogP contribution in [0, 0.1) is 0 Å². The Bertz CT molecular complexity index is 592. The fraction of sp³-hybridized carbons (Fsp3) is 0.357. The quantitative estimate of drug-likeness (QED) is 0.716. The smallest absolute Gasteiger partial charge is 0.231 e. The fourth-order valence-electron chi connectivity index (χ4n) is 2.14. The Morgan fingerprint density at radius 2 is 2.00 bits per heavy atom. The van der Waals surface area contributed by atoms with Crippen LogP contribution in [0.2, 0.25) is 0 Å². The van der Waals surface area contributed by atoms with Gasteiger partial charge in [0.05, 0.1) is 13.1 Å². The average Bonchev–Trinajstić information content (AvgIpc) is 2.88. The van der Waals surface area contributed by atoms with Crippen molar-refractivity contribution >= 4 is 11.6 Å². The SMILES string of the molecule is CCn1ncnc1CN(CC(N)=O)Cc1ccc(N)cc1. The molecule has 7 nitrogen and oxygen atoms in total. The molecular formula is C14H20N6O. The zero-order chi connectivity index (χ0) is 15.2. The third-order valence-electron chi connectivity index (χ3n) is 3.13. The summed E-state index contributed by atoms with van der Waals surface area (Å²) < 4.78 is 1.80. The second kappa shape index (κ2) is 6.85. The van der Waals surface area contributed by atoms with Crippen molar-refractivity contribution in [1.29, 1.82) is 0 Å². The van der Waals surface area contributed by atoms with E-state index >= 15 is 0 Å². The molecule has 0 atom stereocenters. The average molecular weight is 288 g/mol. The molecule has 0 unspecified atom stereocenters. The lowest BCUT2D eigenvalue weighted by molar-refractivity contribution is -0.119. The van der Waals surface area contributed by atoms with Crippen molar-refractivity contribution in [3.8, 4) is 0 Å². The number of primary amides is 1. The minimum atomic E-state index is -0.368. The van der Waals surface area contributed by atoms with Gasteiger partial charge in [-0.25, -0.2) is 9.67 Å². The molecule has 0 aliphatic heterocycles. The Labute approximate surface area is 123 Å². The molecule has 0 radical (unpaired) electrons. The number of nitrogen functional groups attached to an aromatic ring is 1. The molecule has 21 heavy (non-hydrogen) atoms. The highest BCUT2D eigenvalue weighted by Gasteiger charge is 2.13. The molecule has 0 aliphatic carbocycles. The van der Waals surface area contributed by atoms with E-state index in [0.717, 1.165) is 17.9 Å². The van der Waals surface area contributed by atoms with Crippen LogP contribution in [-0.2, 0) is 24.4 Å². The first-order valence-electron chi connectivity index (χ1n) is 6.80. The third-order valence-corrected chi connectivity index (χ3v) is 3.13. The monoisotopic (exact) mass is 288 g/mol. The van der Waals surface area contributed by atoms with Gasteiger partial charge in [0.1, 0.15) is 12.2 Å². The molecule has 7 heteroatoms. The number of aryl methyl sites for hydroxylation is 1. The van der Waals surface area contributed by atoms with E-state index in [1.807, 2.05) is 36.1 Å². The van der Waals surface area contributed by atoms with Crippen molar-refractivity contribution < 1.29 is 4.79 Å². The van der Waals surface area contributed by atoms with Gasteiger partial charge < -0.3 is 11.5 Å².